The Hall–Kier alpha value is -2.18. The Morgan fingerprint density at radius 2 is 1.67 bits per heavy atom. The van der Waals surface area contributed by atoms with Crippen molar-refractivity contribution in [2.24, 2.45) is 0 Å². The lowest BCUT2D eigenvalue weighted by Crippen LogP contribution is -2.34. The summed E-state index contributed by atoms with van der Waals surface area (Å²) in [6.45, 7) is 4.04. The van der Waals surface area contributed by atoms with E-state index in [-0.39, 0.29) is 5.56 Å². The molecule has 0 spiro atoms. The summed E-state index contributed by atoms with van der Waals surface area (Å²) < 4.78 is 35.4. The first-order valence-corrected chi connectivity index (χ1v) is 6.09. The van der Waals surface area contributed by atoms with Gasteiger partial charge in [-0.3, -0.25) is 0 Å². The number of hydrogen-bond donors (Lipinski definition) is 1. The smallest absolute Gasteiger partial charge is 0.378 e. The number of rotatable bonds is 5. The van der Waals surface area contributed by atoms with Crippen LogP contribution in [0.1, 0.15) is 31.1 Å². The molecule has 0 atom stereocenters. The molecule has 21 heavy (non-hydrogen) atoms. The Kier molecular flexibility index (Phi) is 4.88. The summed E-state index contributed by atoms with van der Waals surface area (Å²) in [5, 5.41) is 8.21. The second kappa shape index (κ2) is 6.07. The van der Waals surface area contributed by atoms with Gasteiger partial charge in [0.2, 0.25) is 0 Å². The molecule has 0 saturated carbocycles. The molecule has 0 bridgehead atoms. The highest BCUT2D eigenvalue weighted by molar-refractivity contribution is 5.89. The standard InChI is InChI=1S/C14H16F2O5/c1-13(2,3)21-10-6-4-9(5-7-10)11(17)20-8-14(15,16)12(18)19/h4-7H,8H2,1-3H3,(H,18,19). The van der Waals surface area contributed by atoms with Gasteiger partial charge in [-0.05, 0) is 45.0 Å². The van der Waals surface area contributed by atoms with Gasteiger partial charge in [0.15, 0.2) is 6.61 Å². The second-order valence-corrected chi connectivity index (χ2v) is 5.32. The van der Waals surface area contributed by atoms with E-state index in [1.807, 2.05) is 20.8 Å². The van der Waals surface area contributed by atoms with Gasteiger partial charge >= 0.3 is 17.9 Å². The Morgan fingerprint density at radius 1 is 1.14 bits per heavy atom. The summed E-state index contributed by atoms with van der Waals surface area (Å²) in [4.78, 5) is 21.7. The van der Waals surface area contributed by atoms with E-state index in [1.54, 1.807) is 0 Å². The summed E-state index contributed by atoms with van der Waals surface area (Å²) in [5.41, 5.74) is -0.386. The molecule has 7 heteroatoms. The molecule has 0 aromatic heterocycles. The molecule has 1 rings (SSSR count). The Balaban J connectivity index is 2.66. The zero-order valence-corrected chi connectivity index (χ0v) is 11.9. The lowest BCUT2D eigenvalue weighted by atomic mass is 10.1. The number of halogens is 2. The summed E-state index contributed by atoms with van der Waals surface area (Å²) in [6.07, 6.45) is 0. The van der Waals surface area contributed by atoms with Crippen LogP contribution in [0, 0.1) is 0 Å². The minimum Gasteiger partial charge on any atom is -0.488 e. The van der Waals surface area contributed by atoms with Crippen LogP contribution in [0.5, 0.6) is 5.75 Å². The molecule has 0 amide bonds. The van der Waals surface area contributed by atoms with Crippen LogP contribution in [-0.4, -0.2) is 35.2 Å². The molecule has 0 aliphatic heterocycles. The van der Waals surface area contributed by atoms with E-state index in [0.29, 0.717) is 5.75 Å². The number of benzene rings is 1. The van der Waals surface area contributed by atoms with Crippen molar-refractivity contribution in [3.8, 4) is 5.75 Å². The van der Waals surface area contributed by atoms with Crippen LogP contribution in [0.3, 0.4) is 0 Å². The molecule has 5 nitrogen and oxygen atoms in total. The monoisotopic (exact) mass is 302 g/mol. The number of carbonyl (C=O) groups is 2. The number of ether oxygens (including phenoxy) is 2. The van der Waals surface area contributed by atoms with Crippen LogP contribution in [0.2, 0.25) is 0 Å². The molecule has 0 aliphatic rings. The molecule has 1 N–H and O–H groups in total. The van der Waals surface area contributed by atoms with Crippen molar-refractivity contribution in [2.75, 3.05) is 6.61 Å². The van der Waals surface area contributed by atoms with Crippen LogP contribution in [0.4, 0.5) is 8.78 Å². The van der Waals surface area contributed by atoms with Crippen molar-refractivity contribution in [3.63, 3.8) is 0 Å². The number of carbonyl (C=O) groups excluding carboxylic acids is 1. The third-order valence-electron chi connectivity index (χ3n) is 2.21. The van der Waals surface area contributed by atoms with Crippen molar-refractivity contribution in [2.45, 2.75) is 32.3 Å². The molecular formula is C14H16F2O5. The molecule has 116 valence electrons. The maximum Gasteiger partial charge on any atom is 0.378 e. The van der Waals surface area contributed by atoms with Crippen molar-refractivity contribution >= 4 is 11.9 Å². The second-order valence-electron chi connectivity index (χ2n) is 5.32. The minimum atomic E-state index is -4.11. The largest absolute Gasteiger partial charge is 0.488 e. The average molecular weight is 302 g/mol. The zero-order chi connectivity index (χ0) is 16.3. The third kappa shape index (κ3) is 5.37. The van der Waals surface area contributed by atoms with E-state index < -0.39 is 30.1 Å². The molecule has 0 aliphatic carbocycles. The SMILES string of the molecule is CC(C)(C)Oc1ccc(C(=O)OCC(F)(F)C(=O)O)cc1. The van der Waals surface area contributed by atoms with Gasteiger partial charge in [-0.15, -0.1) is 0 Å². The van der Waals surface area contributed by atoms with Gasteiger partial charge in [0.1, 0.15) is 11.4 Å². The first-order valence-electron chi connectivity index (χ1n) is 6.09. The molecule has 0 heterocycles. The van der Waals surface area contributed by atoms with Crippen molar-refractivity contribution in [1.82, 2.24) is 0 Å². The van der Waals surface area contributed by atoms with Gasteiger partial charge in [0, 0.05) is 0 Å². The normalized spacial score (nSPS) is 11.9. The van der Waals surface area contributed by atoms with Crippen LogP contribution in [0.15, 0.2) is 24.3 Å². The summed E-state index contributed by atoms with van der Waals surface area (Å²) >= 11 is 0. The fraction of sp³-hybridized carbons (Fsp3) is 0.429. The molecule has 0 fully saturated rings. The van der Waals surface area contributed by atoms with Crippen LogP contribution in [0.25, 0.3) is 0 Å². The number of carboxylic acid groups (broad SMARTS) is 1. The van der Waals surface area contributed by atoms with Crippen molar-refractivity contribution in [1.29, 1.82) is 0 Å². The summed E-state index contributed by atoms with van der Waals surface area (Å²) in [5.74, 6) is -6.97. The maximum atomic E-state index is 12.8. The molecular weight excluding hydrogens is 286 g/mol. The fourth-order valence-electron chi connectivity index (χ4n) is 1.31. The van der Waals surface area contributed by atoms with Crippen LogP contribution >= 0.6 is 0 Å². The molecule has 1 aromatic carbocycles. The summed E-state index contributed by atoms with van der Waals surface area (Å²) in [6, 6.07) is 5.69. The van der Waals surface area contributed by atoms with E-state index >= 15 is 0 Å². The zero-order valence-electron chi connectivity index (χ0n) is 11.9. The van der Waals surface area contributed by atoms with Gasteiger partial charge in [0.25, 0.3) is 0 Å². The number of carboxylic acids is 1. The first-order chi connectivity index (χ1) is 9.51. The number of esters is 1. The van der Waals surface area contributed by atoms with E-state index in [1.165, 1.54) is 24.3 Å². The Labute approximate surface area is 120 Å². The van der Waals surface area contributed by atoms with Crippen molar-refractivity contribution < 1.29 is 33.0 Å². The Morgan fingerprint density at radius 3 is 2.10 bits per heavy atom. The van der Waals surface area contributed by atoms with Crippen molar-refractivity contribution in [3.05, 3.63) is 29.8 Å². The third-order valence-corrected chi connectivity index (χ3v) is 2.21. The number of aliphatic carboxylic acids is 1. The maximum absolute atomic E-state index is 12.8. The van der Waals surface area contributed by atoms with Gasteiger partial charge in [-0.25, -0.2) is 9.59 Å². The first kappa shape index (κ1) is 16.9. The Bertz CT molecular complexity index is 517. The molecule has 0 unspecified atom stereocenters. The number of hydrogen-bond acceptors (Lipinski definition) is 4. The van der Waals surface area contributed by atoms with E-state index in [9.17, 15) is 18.4 Å². The van der Waals surface area contributed by atoms with E-state index in [2.05, 4.69) is 4.74 Å². The highest BCUT2D eigenvalue weighted by Gasteiger charge is 2.40. The lowest BCUT2D eigenvalue weighted by Gasteiger charge is -2.21. The van der Waals surface area contributed by atoms with Gasteiger partial charge in [-0.1, -0.05) is 0 Å². The summed E-state index contributed by atoms with van der Waals surface area (Å²) in [7, 11) is 0. The predicted octanol–water partition coefficient (Wildman–Crippen LogP) is 2.74. The van der Waals surface area contributed by atoms with Crippen LogP contribution < -0.4 is 4.74 Å². The quantitative estimate of drug-likeness (QED) is 0.847. The molecule has 0 saturated heterocycles. The highest BCUT2D eigenvalue weighted by Crippen LogP contribution is 2.20. The van der Waals surface area contributed by atoms with Gasteiger partial charge in [0.05, 0.1) is 5.56 Å². The van der Waals surface area contributed by atoms with Gasteiger partial charge in [-0.2, -0.15) is 8.78 Å². The van der Waals surface area contributed by atoms with E-state index in [0.717, 1.165) is 0 Å². The fourth-order valence-corrected chi connectivity index (χ4v) is 1.31. The topological polar surface area (TPSA) is 72.8 Å². The van der Waals surface area contributed by atoms with E-state index in [4.69, 9.17) is 9.84 Å². The predicted molar refractivity (Wildman–Crippen MR) is 69.7 cm³/mol. The number of alkyl halides is 2. The van der Waals surface area contributed by atoms with Crippen LogP contribution in [-0.2, 0) is 9.53 Å². The molecule has 1 aromatic rings. The van der Waals surface area contributed by atoms with Gasteiger partial charge < -0.3 is 14.6 Å². The minimum absolute atomic E-state index is 0.0254. The molecule has 0 radical (unpaired) electrons. The highest BCUT2D eigenvalue weighted by atomic mass is 19.3. The lowest BCUT2D eigenvalue weighted by molar-refractivity contribution is -0.170. The average Bonchev–Trinajstić information content (AvgIpc) is 2.35.